The molecule has 21 heavy (non-hydrogen) atoms. The highest BCUT2D eigenvalue weighted by Gasteiger charge is 2.33. The predicted octanol–water partition coefficient (Wildman–Crippen LogP) is 4.58. The minimum absolute atomic E-state index is 0.166. The van der Waals surface area contributed by atoms with Crippen LogP contribution in [0.2, 0.25) is 0 Å². The second kappa shape index (κ2) is 6.50. The molecule has 0 bridgehead atoms. The van der Waals surface area contributed by atoms with E-state index in [1.165, 1.54) is 5.56 Å². The molecule has 0 aliphatic carbocycles. The second-order valence-corrected chi connectivity index (χ2v) is 6.87. The summed E-state index contributed by atoms with van der Waals surface area (Å²) in [6.45, 7) is 8.69. The molecule has 1 aromatic rings. The Hall–Kier alpha value is -1.51. The minimum Gasteiger partial charge on any atom is -0.444 e. The summed E-state index contributed by atoms with van der Waals surface area (Å²) >= 11 is 0. The normalized spacial score (nSPS) is 23.0. The number of benzene rings is 1. The monoisotopic (exact) mass is 289 g/mol. The molecule has 1 aliphatic rings. The van der Waals surface area contributed by atoms with Crippen LogP contribution in [0.5, 0.6) is 0 Å². The Morgan fingerprint density at radius 1 is 1.29 bits per heavy atom. The molecular weight excluding hydrogens is 262 g/mol. The van der Waals surface area contributed by atoms with Crippen LogP contribution in [0.1, 0.15) is 58.4 Å². The molecule has 3 heteroatoms. The first-order valence-electron chi connectivity index (χ1n) is 7.95. The Morgan fingerprint density at radius 2 is 1.95 bits per heavy atom. The molecule has 0 unspecified atom stereocenters. The zero-order valence-corrected chi connectivity index (χ0v) is 13.6. The number of rotatable bonds is 2. The van der Waals surface area contributed by atoms with Gasteiger partial charge in [0, 0.05) is 12.6 Å². The molecule has 0 N–H and O–H groups in total. The van der Waals surface area contributed by atoms with Crippen molar-refractivity contribution < 1.29 is 9.53 Å². The lowest BCUT2D eigenvalue weighted by Gasteiger charge is -2.39. The third-order valence-electron chi connectivity index (χ3n) is 4.09. The summed E-state index contributed by atoms with van der Waals surface area (Å²) in [7, 11) is 0. The fraction of sp³-hybridized carbons (Fsp3) is 0.611. The van der Waals surface area contributed by atoms with Crippen molar-refractivity contribution in [3.05, 3.63) is 35.9 Å². The van der Waals surface area contributed by atoms with Gasteiger partial charge in [0.25, 0.3) is 0 Å². The van der Waals surface area contributed by atoms with E-state index in [2.05, 4.69) is 37.3 Å². The smallest absolute Gasteiger partial charge is 0.410 e. The summed E-state index contributed by atoms with van der Waals surface area (Å²) < 4.78 is 5.54. The first-order valence-corrected chi connectivity index (χ1v) is 7.95. The first kappa shape index (κ1) is 15.9. The van der Waals surface area contributed by atoms with Gasteiger partial charge in [-0.2, -0.15) is 0 Å². The largest absolute Gasteiger partial charge is 0.444 e. The molecule has 116 valence electrons. The molecule has 1 saturated heterocycles. The van der Waals surface area contributed by atoms with E-state index in [0.29, 0.717) is 5.92 Å². The maximum atomic E-state index is 12.3. The van der Waals surface area contributed by atoms with Crippen LogP contribution in [0.3, 0.4) is 0 Å². The van der Waals surface area contributed by atoms with E-state index in [9.17, 15) is 4.79 Å². The summed E-state index contributed by atoms with van der Waals surface area (Å²) in [5, 5.41) is 0. The number of nitrogens with zero attached hydrogens (tertiary/aromatic N) is 1. The molecule has 0 saturated carbocycles. The molecule has 2 rings (SSSR count). The highest BCUT2D eigenvalue weighted by atomic mass is 16.6. The maximum Gasteiger partial charge on any atom is 0.410 e. The molecule has 1 heterocycles. The third-order valence-corrected chi connectivity index (χ3v) is 4.09. The van der Waals surface area contributed by atoms with E-state index in [4.69, 9.17) is 4.74 Å². The van der Waals surface area contributed by atoms with Crippen LogP contribution < -0.4 is 0 Å². The van der Waals surface area contributed by atoms with Crippen molar-refractivity contribution in [3.63, 3.8) is 0 Å². The molecule has 3 nitrogen and oxygen atoms in total. The van der Waals surface area contributed by atoms with Crippen LogP contribution in [-0.4, -0.2) is 29.2 Å². The zero-order valence-electron chi connectivity index (χ0n) is 13.6. The second-order valence-electron chi connectivity index (χ2n) is 6.87. The summed E-state index contributed by atoms with van der Waals surface area (Å²) in [4.78, 5) is 14.3. The van der Waals surface area contributed by atoms with Crippen molar-refractivity contribution in [3.8, 4) is 0 Å². The van der Waals surface area contributed by atoms with Gasteiger partial charge in [0.15, 0.2) is 0 Å². The molecule has 0 aromatic heterocycles. The van der Waals surface area contributed by atoms with Crippen LogP contribution in [0.15, 0.2) is 30.3 Å². The molecule has 1 fully saturated rings. The summed E-state index contributed by atoms with van der Waals surface area (Å²) in [6, 6.07) is 10.9. The van der Waals surface area contributed by atoms with Gasteiger partial charge in [-0.15, -0.1) is 0 Å². The van der Waals surface area contributed by atoms with Crippen molar-refractivity contribution in [1.29, 1.82) is 0 Å². The summed E-state index contributed by atoms with van der Waals surface area (Å²) in [5.74, 6) is 0.551. The fourth-order valence-electron chi connectivity index (χ4n) is 3.03. The van der Waals surface area contributed by atoms with Gasteiger partial charge in [-0.25, -0.2) is 4.79 Å². The predicted molar refractivity (Wildman–Crippen MR) is 85.4 cm³/mol. The number of amides is 1. The van der Waals surface area contributed by atoms with E-state index in [-0.39, 0.29) is 12.1 Å². The molecule has 0 spiro atoms. The van der Waals surface area contributed by atoms with E-state index in [1.807, 2.05) is 25.7 Å². The lowest BCUT2D eigenvalue weighted by atomic mass is 9.84. The molecule has 1 aliphatic heterocycles. The van der Waals surface area contributed by atoms with Crippen molar-refractivity contribution in [1.82, 2.24) is 4.90 Å². The molecule has 1 aromatic carbocycles. The summed E-state index contributed by atoms with van der Waals surface area (Å²) in [6.07, 6.45) is 2.85. The highest BCUT2D eigenvalue weighted by Crippen LogP contribution is 2.33. The standard InChI is InChI=1S/C18H27NO2/c1-5-16-13-15(14-9-7-6-8-10-14)11-12-19(16)17(20)21-18(2,3)4/h6-10,15-16H,5,11-13H2,1-4H3/t15-,16-/m1/s1. The molecular formula is C18H27NO2. The number of carbonyl (C=O) groups is 1. The highest BCUT2D eigenvalue weighted by molar-refractivity contribution is 5.68. The number of piperidine rings is 1. The van der Waals surface area contributed by atoms with Crippen molar-refractivity contribution >= 4 is 6.09 Å². The van der Waals surface area contributed by atoms with Gasteiger partial charge in [-0.3, -0.25) is 0 Å². The van der Waals surface area contributed by atoms with Gasteiger partial charge in [0.05, 0.1) is 0 Å². The maximum absolute atomic E-state index is 12.3. The lowest BCUT2D eigenvalue weighted by Crippen LogP contribution is -2.47. The van der Waals surface area contributed by atoms with Gasteiger partial charge in [-0.1, -0.05) is 37.3 Å². The van der Waals surface area contributed by atoms with Crippen LogP contribution in [0, 0.1) is 0 Å². The van der Waals surface area contributed by atoms with Crippen LogP contribution in [0.4, 0.5) is 4.79 Å². The van der Waals surface area contributed by atoms with Gasteiger partial charge in [0.1, 0.15) is 5.60 Å². The van der Waals surface area contributed by atoms with Gasteiger partial charge < -0.3 is 9.64 Å². The van der Waals surface area contributed by atoms with Crippen LogP contribution in [-0.2, 0) is 4.74 Å². The zero-order chi connectivity index (χ0) is 15.5. The van der Waals surface area contributed by atoms with E-state index < -0.39 is 5.60 Å². The Balaban J connectivity index is 2.04. The average molecular weight is 289 g/mol. The van der Waals surface area contributed by atoms with Crippen molar-refractivity contribution in [2.24, 2.45) is 0 Å². The van der Waals surface area contributed by atoms with E-state index in [0.717, 1.165) is 25.8 Å². The quantitative estimate of drug-likeness (QED) is 0.797. The van der Waals surface area contributed by atoms with Gasteiger partial charge in [-0.05, 0) is 51.5 Å². The molecule has 1 amide bonds. The van der Waals surface area contributed by atoms with E-state index in [1.54, 1.807) is 0 Å². The Morgan fingerprint density at radius 3 is 2.52 bits per heavy atom. The van der Waals surface area contributed by atoms with Crippen LogP contribution >= 0.6 is 0 Å². The number of hydrogen-bond acceptors (Lipinski definition) is 2. The topological polar surface area (TPSA) is 29.5 Å². The van der Waals surface area contributed by atoms with Crippen molar-refractivity contribution in [2.75, 3.05) is 6.54 Å². The lowest BCUT2D eigenvalue weighted by molar-refractivity contribution is 0.00757. The molecule has 2 atom stereocenters. The van der Waals surface area contributed by atoms with Gasteiger partial charge >= 0.3 is 6.09 Å². The third kappa shape index (κ3) is 4.23. The number of ether oxygens (including phenoxy) is 1. The molecule has 0 radical (unpaired) electrons. The van der Waals surface area contributed by atoms with E-state index >= 15 is 0 Å². The van der Waals surface area contributed by atoms with Crippen LogP contribution in [0.25, 0.3) is 0 Å². The summed E-state index contributed by atoms with van der Waals surface area (Å²) in [5.41, 5.74) is 0.964. The van der Waals surface area contributed by atoms with Gasteiger partial charge in [0.2, 0.25) is 0 Å². The SMILES string of the molecule is CC[C@@H]1C[C@H](c2ccccc2)CCN1C(=O)OC(C)(C)C. The number of likely N-dealkylation sites (tertiary alicyclic amines) is 1. The Labute approximate surface area is 128 Å². The minimum atomic E-state index is -0.425. The number of carbonyl (C=O) groups excluding carboxylic acids is 1. The Bertz CT molecular complexity index is 464. The first-order chi connectivity index (χ1) is 9.90. The average Bonchev–Trinajstić information content (AvgIpc) is 2.45. The Kier molecular flexibility index (Phi) is 4.92. The van der Waals surface area contributed by atoms with Crippen molar-refractivity contribution in [2.45, 2.75) is 64.5 Å². The fourth-order valence-corrected chi connectivity index (χ4v) is 3.03. The number of hydrogen-bond donors (Lipinski definition) is 0.